The van der Waals surface area contributed by atoms with E-state index in [1.165, 1.54) is 6.07 Å². The van der Waals surface area contributed by atoms with Crippen LogP contribution >= 0.6 is 11.6 Å². The third-order valence-electron chi connectivity index (χ3n) is 2.67. The highest BCUT2D eigenvalue weighted by Crippen LogP contribution is 2.27. The topological polar surface area (TPSA) is 29.5 Å². The Morgan fingerprint density at radius 3 is 2.72 bits per heavy atom. The number of rotatable bonds is 3. The third-order valence-corrected chi connectivity index (χ3v) is 2.96. The SMILES string of the molecule is Cc1c(O)cccc1OCc1cccc(Cl)c1F. The van der Waals surface area contributed by atoms with Crippen molar-refractivity contribution in [2.45, 2.75) is 13.5 Å². The van der Waals surface area contributed by atoms with Crippen molar-refractivity contribution >= 4 is 11.6 Å². The molecule has 0 saturated carbocycles. The van der Waals surface area contributed by atoms with Gasteiger partial charge in [-0.15, -0.1) is 0 Å². The molecule has 0 spiro atoms. The van der Waals surface area contributed by atoms with Gasteiger partial charge in [0.05, 0.1) is 5.02 Å². The Bertz CT molecular complexity index is 518. The summed E-state index contributed by atoms with van der Waals surface area (Å²) in [5, 5.41) is 9.59. The summed E-state index contributed by atoms with van der Waals surface area (Å²) in [6.45, 7) is 1.80. The zero-order valence-corrected chi connectivity index (χ0v) is 10.5. The third kappa shape index (κ3) is 2.57. The van der Waals surface area contributed by atoms with Gasteiger partial charge in [0.15, 0.2) is 0 Å². The van der Waals surface area contributed by atoms with E-state index in [-0.39, 0.29) is 17.4 Å². The highest BCUT2D eigenvalue weighted by molar-refractivity contribution is 6.30. The van der Waals surface area contributed by atoms with Crippen LogP contribution in [-0.2, 0) is 6.61 Å². The lowest BCUT2D eigenvalue weighted by molar-refractivity contribution is 0.296. The van der Waals surface area contributed by atoms with Crippen molar-refractivity contribution in [3.8, 4) is 11.5 Å². The van der Waals surface area contributed by atoms with Crippen LogP contribution < -0.4 is 4.74 Å². The van der Waals surface area contributed by atoms with Crippen molar-refractivity contribution < 1.29 is 14.2 Å². The molecule has 94 valence electrons. The van der Waals surface area contributed by atoms with Gasteiger partial charge in [-0.05, 0) is 25.1 Å². The van der Waals surface area contributed by atoms with Crippen LogP contribution in [0.4, 0.5) is 4.39 Å². The molecule has 2 rings (SSSR count). The summed E-state index contributed by atoms with van der Waals surface area (Å²) in [7, 11) is 0. The van der Waals surface area contributed by atoms with E-state index >= 15 is 0 Å². The van der Waals surface area contributed by atoms with Gasteiger partial charge in [0.25, 0.3) is 0 Å². The predicted octanol–water partition coefficient (Wildman–Crippen LogP) is 4.07. The fourth-order valence-electron chi connectivity index (χ4n) is 1.57. The summed E-state index contributed by atoms with van der Waals surface area (Å²) >= 11 is 5.68. The highest BCUT2D eigenvalue weighted by atomic mass is 35.5. The molecule has 2 nitrogen and oxygen atoms in total. The van der Waals surface area contributed by atoms with Gasteiger partial charge < -0.3 is 9.84 Å². The quantitative estimate of drug-likeness (QED) is 0.907. The largest absolute Gasteiger partial charge is 0.508 e. The Kier molecular flexibility index (Phi) is 3.72. The van der Waals surface area contributed by atoms with Gasteiger partial charge in [0.1, 0.15) is 23.9 Å². The van der Waals surface area contributed by atoms with Crippen molar-refractivity contribution in [3.63, 3.8) is 0 Å². The van der Waals surface area contributed by atoms with E-state index in [2.05, 4.69) is 0 Å². The van der Waals surface area contributed by atoms with Crippen LogP contribution in [0.25, 0.3) is 0 Å². The average molecular weight is 267 g/mol. The summed E-state index contributed by atoms with van der Waals surface area (Å²) in [5.74, 6) is 0.199. The van der Waals surface area contributed by atoms with E-state index < -0.39 is 5.82 Å². The summed E-state index contributed by atoms with van der Waals surface area (Å²) in [6, 6.07) is 9.73. The number of aromatic hydroxyl groups is 1. The fraction of sp³-hybridized carbons (Fsp3) is 0.143. The van der Waals surface area contributed by atoms with Gasteiger partial charge in [-0.3, -0.25) is 0 Å². The minimum absolute atomic E-state index is 0.0662. The van der Waals surface area contributed by atoms with E-state index in [4.69, 9.17) is 16.3 Å². The summed E-state index contributed by atoms with van der Waals surface area (Å²) in [6.07, 6.45) is 0. The zero-order valence-electron chi connectivity index (χ0n) is 9.78. The zero-order chi connectivity index (χ0) is 13.1. The second kappa shape index (κ2) is 5.27. The maximum absolute atomic E-state index is 13.6. The van der Waals surface area contributed by atoms with Crippen molar-refractivity contribution in [2.24, 2.45) is 0 Å². The second-order valence-corrected chi connectivity index (χ2v) is 4.31. The molecule has 0 amide bonds. The monoisotopic (exact) mass is 266 g/mol. The Hall–Kier alpha value is -1.74. The fourth-order valence-corrected chi connectivity index (χ4v) is 1.77. The molecule has 0 radical (unpaired) electrons. The first kappa shape index (κ1) is 12.7. The average Bonchev–Trinajstić information content (AvgIpc) is 2.36. The standard InChI is InChI=1S/C14H12ClFO2/c1-9-12(17)6-3-7-13(9)18-8-10-4-2-5-11(15)14(10)16/h2-7,17H,8H2,1H3. The molecule has 4 heteroatoms. The van der Waals surface area contributed by atoms with Gasteiger partial charge in [-0.1, -0.05) is 29.8 Å². The number of hydrogen-bond acceptors (Lipinski definition) is 2. The van der Waals surface area contributed by atoms with Gasteiger partial charge in [-0.2, -0.15) is 0 Å². The van der Waals surface area contributed by atoms with Crippen LogP contribution in [0, 0.1) is 12.7 Å². The van der Waals surface area contributed by atoms with Crippen LogP contribution in [0.2, 0.25) is 5.02 Å². The molecule has 0 aromatic heterocycles. The number of phenolic OH excluding ortho intramolecular Hbond substituents is 1. The van der Waals surface area contributed by atoms with E-state index in [1.807, 2.05) is 0 Å². The van der Waals surface area contributed by atoms with E-state index in [1.54, 1.807) is 37.3 Å². The Balaban J connectivity index is 2.17. The van der Waals surface area contributed by atoms with Crippen molar-refractivity contribution in [1.29, 1.82) is 0 Å². The minimum Gasteiger partial charge on any atom is -0.508 e. The van der Waals surface area contributed by atoms with Gasteiger partial charge in [-0.25, -0.2) is 4.39 Å². The van der Waals surface area contributed by atoms with Crippen molar-refractivity contribution in [1.82, 2.24) is 0 Å². The van der Waals surface area contributed by atoms with Crippen LogP contribution in [0.5, 0.6) is 11.5 Å². The van der Waals surface area contributed by atoms with Gasteiger partial charge >= 0.3 is 0 Å². The number of halogens is 2. The first-order chi connectivity index (χ1) is 8.59. The Morgan fingerprint density at radius 2 is 1.94 bits per heavy atom. The molecule has 0 unspecified atom stereocenters. The van der Waals surface area contributed by atoms with Gasteiger partial charge in [0.2, 0.25) is 0 Å². The summed E-state index contributed by atoms with van der Waals surface area (Å²) < 4.78 is 19.1. The molecule has 0 heterocycles. The molecular formula is C14H12ClFO2. The van der Waals surface area contributed by atoms with Gasteiger partial charge in [0, 0.05) is 11.1 Å². The van der Waals surface area contributed by atoms with Crippen LogP contribution in [0.15, 0.2) is 36.4 Å². The Morgan fingerprint density at radius 1 is 1.22 bits per heavy atom. The van der Waals surface area contributed by atoms with E-state index in [0.717, 1.165) is 0 Å². The molecule has 2 aromatic rings. The molecule has 0 saturated heterocycles. The van der Waals surface area contributed by atoms with Crippen LogP contribution in [0.3, 0.4) is 0 Å². The maximum atomic E-state index is 13.6. The molecule has 0 aliphatic heterocycles. The molecule has 0 aliphatic rings. The molecule has 0 aliphatic carbocycles. The maximum Gasteiger partial charge on any atom is 0.148 e. The molecular weight excluding hydrogens is 255 g/mol. The van der Waals surface area contributed by atoms with E-state index in [0.29, 0.717) is 16.9 Å². The van der Waals surface area contributed by atoms with E-state index in [9.17, 15) is 9.50 Å². The minimum atomic E-state index is -0.475. The number of hydrogen-bond donors (Lipinski definition) is 1. The number of benzene rings is 2. The summed E-state index contributed by atoms with van der Waals surface area (Å²) in [4.78, 5) is 0. The molecule has 0 fully saturated rings. The number of ether oxygens (including phenoxy) is 1. The second-order valence-electron chi connectivity index (χ2n) is 3.90. The lowest BCUT2D eigenvalue weighted by atomic mass is 10.2. The van der Waals surface area contributed by atoms with Crippen molar-refractivity contribution in [2.75, 3.05) is 0 Å². The van der Waals surface area contributed by atoms with Crippen LogP contribution in [0.1, 0.15) is 11.1 Å². The predicted molar refractivity (Wildman–Crippen MR) is 68.6 cm³/mol. The molecule has 0 atom stereocenters. The molecule has 0 bridgehead atoms. The van der Waals surface area contributed by atoms with Crippen LogP contribution in [-0.4, -0.2) is 5.11 Å². The molecule has 2 aromatic carbocycles. The smallest absolute Gasteiger partial charge is 0.148 e. The molecule has 1 N–H and O–H groups in total. The Labute approximate surface area is 110 Å². The van der Waals surface area contributed by atoms with Crippen molar-refractivity contribution in [3.05, 3.63) is 58.4 Å². The highest BCUT2D eigenvalue weighted by Gasteiger charge is 2.08. The lowest BCUT2D eigenvalue weighted by Gasteiger charge is -2.10. The first-order valence-corrected chi connectivity index (χ1v) is 5.81. The molecule has 18 heavy (non-hydrogen) atoms. The number of phenols is 1. The lowest BCUT2D eigenvalue weighted by Crippen LogP contribution is -2.00. The normalized spacial score (nSPS) is 10.4. The summed E-state index contributed by atoms with van der Waals surface area (Å²) in [5.41, 5.74) is 1.00. The first-order valence-electron chi connectivity index (χ1n) is 5.44.